The molecular weight excluding hydrogens is 402 g/mol. The Morgan fingerprint density at radius 3 is 2.33 bits per heavy atom. The molecule has 2 aliphatic heterocycles. The number of sulfonamides is 1. The molecule has 0 amide bonds. The second-order valence-electron chi connectivity index (χ2n) is 7.43. The third-order valence-electron chi connectivity index (χ3n) is 5.38. The molecule has 1 fully saturated rings. The third kappa shape index (κ3) is 3.13. The van der Waals surface area contributed by atoms with Crippen LogP contribution in [0.15, 0.2) is 52.0 Å². The van der Waals surface area contributed by atoms with Crippen molar-refractivity contribution in [2.24, 2.45) is 4.40 Å². The Kier molecular flexibility index (Phi) is 4.31. The van der Waals surface area contributed by atoms with Gasteiger partial charge < -0.3 is 9.80 Å². The Balaban J connectivity index is 1.35. The predicted molar refractivity (Wildman–Crippen MR) is 113 cm³/mol. The molecule has 0 atom stereocenters. The maximum atomic E-state index is 12.3. The average Bonchev–Trinajstić information content (AvgIpc) is 3.24. The number of nitrogens with zero attached hydrogens (tertiary/aromatic N) is 7. The molecule has 0 radical (unpaired) electrons. The van der Waals surface area contributed by atoms with E-state index >= 15 is 0 Å². The summed E-state index contributed by atoms with van der Waals surface area (Å²) >= 11 is 0. The van der Waals surface area contributed by atoms with Gasteiger partial charge in [0.2, 0.25) is 0 Å². The topological polar surface area (TPSA) is 96.6 Å². The average molecular weight is 424 g/mol. The molecule has 0 aliphatic carbocycles. The molecule has 5 rings (SSSR count). The van der Waals surface area contributed by atoms with E-state index < -0.39 is 10.0 Å². The monoisotopic (exact) mass is 423 g/mol. The zero-order chi connectivity index (χ0) is 20.9. The number of amidine groups is 1. The molecule has 1 saturated heterocycles. The predicted octanol–water partition coefficient (Wildman–Crippen LogP) is 1.55. The number of hydrogen-bond donors (Lipinski definition) is 0. The number of benzene rings is 1. The molecule has 0 unspecified atom stereocenters. The van der Waals surface area contributed by atoms with Gasteiger partial charge in [0.25, 0.3) is 10.0 Å². The molecule has 4 heterocycles. The summed E-state index contributed by atoms with van der Waals surface area (Å²) < 4.78 is 30.5. The summed E-state index contributed by atoms with van der Waals surface area (Å²) in [6.07, 6.45) is 1.55. The number of anilines is 1. The van der Waals surface area contributed by atoms with Gasteiger partial charge in [0.1, 0.15) is 17.0 Å². The van der Waals surface area contributed by atoms with Gasteiger partial charge >= 0.3 is 0 Å². The minimum atomic E-state index is -3.61. The standard InChI is InChI=1S/C20H21N7O2S/c1-14-11-15(2)27(23-14)19-12-18(21-13-22-19)25-7-9-26(10-8-25)20-16-5-3-4-6-17(16)30(28,29)24-20/h3-6,11-13H,7-10H2,1-2H3. The summed E-state index contributed by atoms with van der Waals surface area (Å²) in [7, 11) is -3.61. The lowest BCUT2D eigenvalue weighted by atomic mass is 10.1. The molecule has 9 nitrogen and oxygen atoms in total. The van der Waals surface area contributed by atoms with Gasteiger partial charge in [0.15, 0.2) is 11.7 Å². The van der Waals surface area contributed by atoms with Crippen molar-refractivity contribution in [3.8, 4) is 5.82 Å². The Bertz CT molecular complexity index is 1260. The fraction of sp³-hybridized carbons (Fsp3) is 0.300. The molecule has 154 valence electrons. The molecule has 2 aromatic heterocycles. The number of rotatable bonds is 2. The van der Waals surface area contributed by atoms with Crippen molar-refractivity contribution in [2.45, 2.75) is 18.7 Å². The van der Waals surface area contributed by atoms with Crippen molar-refractivity contribution < 1.29 is 8.42 Å². The van der Waals surface area contributed by atoms with E-state index in [1.807, 2.05) is 47.7 Å². The third-order valence-corrected chi connectivity index (χ3v) is 6.71. The minimum Gasteiger partial charge on any atom is -0.353 e. The van der Waals surface area contributed by atoms with Crippen molar-refractivity contribution in [3.05, 3.63) is 59.7 Å². The molecule has 1 aromatic carbocycles. The lowest BCUT2D eigenvalue weighted by Gasteiger charge is -2.36. The lowest BCUT2D eigenvalue weighted by molar-refractivity contribution is 0.386. The number of aromatic nitrogens is 4. The van der Waals surface area contributed by atoms with Gasteiger partial charge in [-0.15, -0.1) is 4.40 Å². The van der Waals surface area contributed by atoms with Crippen LogP contribution in [0.25, 0.3) is 5.82 Å². The van der Waals surface area contributed by atoms with Crippen molar-refractivity contribution >= 4 is 21.7 Å². The Hall–Kier alpha value is -3.27. The second kappa shape index (κ2) is 6.91. The highest BCUT2D eigenvalue weighted by atomic mass is 32.2. The van der Waals surface area contributed by atoms with Crippen LogP contribution in [0.5, 0.6) is 0 Å². The van der Waals surface area contributed by atoms with Crippen LogP contribution < -0.4 is 4.90 Å². The zero-order valence-electron chi connectivity index (χ0n) is 16.7. The van der Waals surface area contributed by atoms with E-state index in [4.69, 9.17) is 0 Å². The van der Waals surface area contributed by atoms with E-state index in [1.165, 1.54) is 0 Å². The molecule has 2 aliphatic rings. The van der Waals surface area contributed by atoms with E-state index in [-0.39, 0.29) is 4.90 Å². The Labute approximate surface area is 174 Å². The first-order chi connectivity index (χ1) is 14.4. The highest BCUT2D eigenvalue weighted by molar-refractivity contribution is 7.90. The SMILES string of the molecule is Cc1cc(C)n(-c2cc(N3CCN(C4=NS(=O)(=O)c5ccccc54)CC3)ncn2)n1. The van der Waals surface area contributed by atoms with Crippen molar-refractivity contribution in [3.63, 3.8) is 0 Å². The normalized spacial score (nSPS) is 17.7. The van der Waals surface area contributed by atoms with Crippen LogP contribution in [0.1, 0.15) is 17.0 Å². The first-order valence-corrected chi connectivity index (χ1v) is 11.2. The summed E-state index contributed by atoms with van der Waals surface area (Å²) in [5.41, 5.74) is 2.63. The van der Waals surface area contributed by atoms with E-state index in [2.05, 4.69) is 24.4 Å². The van der Waals surface area contributed by atoms with Gasteiger partial charge in [-0.2, -0.15) is 13.5 Å². The highest BCUT2D eigenvalue weighted by Crippen LogP contribution is 2.28. The van der Waals surface area contributed by atoms with Crippen LogP contribution in [0, 0.1) is 13.8 Å². The van der Waals surface area contributed by atoms with Crippen LogP contribution in [0.3, 0.4) is 0 Å². The largest absolute Gasteiger partial charge is 0.353 e. The van der Waals surface area contributed by atoms with Gasteiger partial charge in [-0.05, 0) is 32.0 Å². The zero-order valence-corrected chi connectivity index (χ0v) is 17.5. The first kappa shape index (κ1) is 18.7. The summed E-state index contributed by atoms with van der Waals surface area (Å²) in [4.78, 5) is 13.3. The van der Waals surface area contributed by atoms with E-state index in [0.29, 0.717) is 37.6 Å². The summed E-state index contributed by atoms with van der Waals surface area (Å²) in [5.74, 6) is 2.10. The molecule has 30 heavy (non-hydrogen) atoms. The maximum absolute atomic E-state index is 12.3. The van der Waals surface area contributed by atoms with Crippen LogP contribution in [0.4, 0.5) is 5.82 Å². The van der Waals surface area contributed by atoms with Crippen LogP contribution >= 0.6 is 0 Å². The number of fused-ring (bicyclic) bond motifs is 1. The van der Waals surface area contributed by atoms with Crippen LogP contribution in [0.2, 0.25) is 0 Å². The summed E-state index contributed by atoms with van der Waals surface area (Å²) in [6, 6.07) is 10.9. The number of aryl methyl sites for hydroxylation is 2. The summed E-state index contributed by atoms with van der Waals surface area (Å²) in [5, 5.41) is 4.49. The van der Waals surface area contributed by atoms with Crippen molar-refractivity contribution in [2.75, 3.05) is 31.1 Å². The van der Waals surface area contributed by atoms with Crippen LogP contribution in [-0.2, 0) is 10.0 Å². The quantitative estimate of drug-likeness (QED) is 0.617. The fourth-order valence-corrected chi connectivity index (χ4v) is 5.18. The second-order valence-corrected chi connectivity index (χ2v) is 9.01. The molecule has 3 aromatic rings. The molecule has 0 bridgehead atoms. The van der Waals surface area contributed by atoms with Crippen molar-refractivity contribution in [1.82, 2.24) is 24.6 Å². The van der Waals surface area contributed by atoms with Gasteiger partial charge in [0.05, 0.1) is 5.69 Å². The molecule has 0 N–H and O–H groups in total. The highest BCUT2D eigenvalue weighted by Gasteiger charge is 2.33. The summed E-state index contributed by atoms with van der Waals surface area (Å²) in [6.45, 7) is 6.66. The van der Waals surface area contributed by atoms with Gasteiger partial charge in [0, 0.05) is 43.5 Å². The molecule has 0 saturated carbocycles. The van der Waals surface area contributed by atoms with E-state index in [1.54, 1.807) is 18.5 Å². The molecular formula is C20H21N7O2S. The number of hydrogen-bond acceptors (Lipinski definition) is 7. The fourth-order valence-electron chi connectivity index (χ4n) is 3.95. The molecule has 0 spiro atoms. The number of piperazine rings is 1. The van der Waals surface area contributed by atoms with Gasteiger partial charge in [-0.1, -0.05) is 12.1 Å². The van der Waals surface area contributed by atoms with Gasteiger partial charge in [-0.25, -0.2) is 14.6 Å². The van der Waals surface area contributed by atoms with Crippen LogP contribution in [-0.4, -0.2) is 65.1 Å². The smallest absolute Gasteiger partial charge is 0.285 e. The Morgan fingerprint density at radius 1 is 0.900 bits per heavy atom. The van der Waals surface area contributed by atoms with E-state index in [9.17, 15) is 8.42 Å². The maximum Gasteiger partial charge on any atom is 0.285 e. The minimum absolute atomic E-state index is 0.285. The molecule has 10 heteroatoms. The van der Waals surface area contributed by atoms with E-state index in [0.717, 1.165) is 23.0 Å². The van der Waals surface area contributed by atoms with Gasteiger partial charge in [-0.3, -0.25) is 0 Å². The van der Waals surface area contributed by atoms with Crippen molar-refractivity contribution in [1.29, 1.82) is 0 Å². The lowest BCUT2D eigenvalue weighted by Crippen LogP contribution is -2.49. The first-order valence-electron chi connectivity index (χ1n) is 9.72. The Morgan fingerprint density at radius 2 is 1.60 bits per heavy atom.